The van der Waals surface area contributed by atoms with E-state index in [0.29, 0.717) is 18.7 Å². The summed E-state index contributed by atoms with van der Waals surface area (Å²) in [5.74, 6) is -0.975. The van der Waals surface area contributed by atoms with E-state index < -0.39 is 17.2 Å². The highest BCUT2D eigenvalue weighted by Crippen LogP contribution is 2.29. The van der Waals surface area contributed by atoms with Crippen molar-refractivity contribution in [2.24, 2.45) is 0 Å². The van der Waals surface area contributed by atoms with Crippen LogP contribution >= 0.6 is 0 Å². The second-order valence-corrected chi connectivity index (χ2v) is 10.3. The second-order valence-electron chi connectivity index (χ2n) is 10.3. The van der Waals surface area contributed by atoms with Crippen LogP contribution in [0.5, 0.6) is 0 Å². The number of hydrogen-bond acceptors (Lipinski definition) is 4. The van der Waals surface area contributed by atoms with Gasteiger partial charge in [-0.25, -0.2) is 18.6 Å². The summed E-state index contributed by atoms with van der Waals surface area (Å²) in [6.45, 7) is 6.84. The van der Waals surface area contributed by atoms with Crippen molar-refractivity contribution in [2.45, 2.75) is 45.3 Å². The molecule has 9 heteroatoms. The van der Waals surface area contributed by atoms with Gasteiger partial charge in [-0.15, -0.1) is 0 Å². The Balaban J connectivity index is 1.30. The fourth-order valence-corrected chi connectivity index (χ4v) is 4.47. The van der Waals surface area contributed by atoms with Crippen molar-refractivity contribution in [3.8, 4) is 11.1 Å². The standard InChI is InChI=1S/C28H29F2N5O2/c1-28(2,3)37-27(36)34-10-8-23(9-11-34)35-17-21(16-33-35)20-13-24-19(14-31-26(24)32-15-20)5-4-18-12-22(29)6-7-25(18)30/h4-7,12-17,23H,8-11H2,1-3H3,(H,31,32)/b5-4+. The van der Waals surface area contributed by atoms with E-state index in [1.807, 2.05) is 43.9 Å². The van der Waals surface area contributed by atoms with E-state index in [2.05, 4.69) is 15.1 Å². The Kier molecular flexibility index (Phi) is 6.54. The number of nitrogens with one attached hydrogen (secondary N) is 1. The molecule has 4 aromatic rings. The highest BCUT2D eigenvalue weighted by atomic mass is 19.1. The third-order valence-corrected chi connectivity index (χ3v) is 6.39. The van der Waals surface area contributed by atoms with E-state index in [-0.39, 0.29) is 17.7 Å². The first-order valence-corrected chi connectivity index (χ1v) is 12.3. The fraction of sp³-hybridized carbons (Fsp3) is 0.321. The van der Waals surface area contributed by atoms with Crippen LogP contribution in [0.2, 0.25) is 0 Å². The largest absolute Gasteiger partial charge is 0.444 e. The molecule has 0 unspecified atom stereocenters. The van der Waals surface area contributed by atoms with Gasteiger partial charge in [0.1, 0.15) is 22.9 Å². The number of fused-ring (bicyclic) bond motifs is 1. The molecule has 5 rings (SSSR count). The zero-order chi connectivity index (χ0) is 26.2. The van der Waals surface area contributed by atoms with E-state index in [4.69, 9.17) is 4.74 Å². The molecule has 192 valence electrons. The molecular formula is C28H29F2N5O2. The number of carbonyl (C=O) groups is 1. The Hall–Kier alpha value is -4.01. The maximum absolute atomic E-state index is 14.0. The number of piperidine rings is 1. The van der Waals surface area contributed by atoms with E-state index in [1.54, 1.807) is 29.4 Å². The number of carbonyl (C=O) groups excluding carboxylic acids is 1. The van der Waals surface area contributed by atoms with Gasteiger partial charge >= 0.3 is 6.09 Å². The van der Waals surface area contributed by atoms with Crippen LogP contribution in [0.3, 0.4) is 0 Å². The van der Waals surface area contributed by atoms with Crippen LogP contribution in [0, 0.1) is 11.6 Å². The lowest BCUT2D eigenvalue weighted by atomic mass is 10.1. The second kappa shape index (κ2) is 9.80. The average Bonchev–Trinajstić information content (AvgIpc) is 3.51. The van der Waals surface area contributed by atoms with Crippen LogP contribution in [0.15, 0.2) is 49.1 Å². The molecule has 1 aromatic carbocycles. The highest BCUT2D eigenvalue weighted by molar-refractivity contribution is 5.92. The summed E-state index contributed by atoms with van der Waals surface area (Å²) in [6.07, 6.45) is 12.0. The van der Waals surface area contributed by atoms with Crippen LogP contribution in [0.25, 0.3) is 34.3 Å². The lowest BCUT2D eigenvalue weighted by Gasteiger charge is -2.33. The third kappa shape index (κ3) is 5.55. The number of rotatable bonds is 4. The molecule has 0 radical (unpaired) electrons. The highest BCUT2D eigenvalue weighted by Gasteiger charge is 2.28. The van der Waals surface area contributed by atoms with Crippen molar-refractivity contribution < 1.29 is 18.3 Å². The van der Waals surface area contributed by atoms with Crippen LogP contribution < -0.4 is 0 Å². The number of benzene rings is 1. The Bertz CT molecular complexity index is 1460. The maximum atomic E-state index is 14.0. The number of nitrogens with zero attached hydrogens (tertiary/aromatic N) is 4. The molecule has 0 spiro atoms. The first-order chi connectivity index (χ1) is 17.7. The van der Waals surface area contributed by atoms with Gasteiger partial charge in [0, 0.05) is 59.3 Å². The number of pyridine rings is 1. The minimum atomic E-state index is -0.509. The molecule has 0 aliphatic carbocycles. The first kappa shape index (κ1) is 24.7. The van der Waals surface area contributed by atoms with Crippen molar-refractivity contribution in [1.29, 1.82) is 0 Å². The van der Waals surface area contributed by atoms with Crippen LogP contribution in [-0.2, 0) is 4.74 Å². The number of halogens is 2. The van der Waals surface area contributed by atoms with Gasteiger partial charge in [-0.1, -0.05) is 12.2 Å². The molecule has 0 atom stereocenters. The van der Waals surface area contributed by atoms with Gasteiger partial charge in [-0.2, -0.15) is 5.10 Å². The minimum Gasteiger partial charge on any atom is -0.444 e. The molecular weight excluding hydrogens is 476 g/mol. The van der Waals surface area contributed by atoms with Gasteiger partial charge in [-0.05, 0) is 57.9 Å². The normalized spacial score (nSPS) is 15.1. The summed E-state index contributed by atoms with van der Waals surface area (Å²) in [7, 11) is 0. The quantitative estimate of drug-likeness (QED) is 0.346. The van der Waals surface area contributed by atoms with Crippen molar-refractivity contribution in [3.63, 3.8) is 0 Å². The van der Waals surface area contributed by atoms with Gasteiger partial charge in [0.25, 0.3) is 0 Å². The summed E-state index contributed by atoms with van der Waals surface area (Å²) in [4.78, 5) is 21.7. The van der Waals surface area contributed by atoms with E-state index in [1.165, 1.54) is 0 Å². The molecule has 1 N–H and O–H groups in total. The van der Waals surface area contributed by atoms with Gasteiger partial charge in [0.15, 0.2) is 0 Å². The molecule has 7 nitrogen and oxygen atoms in total. The molecule has 1 aliphatic heterocycles. The number of aromatic nitrogens is 4. The van der Waals surface area contributed by atoms with Crippen molar-refractivity contribution in [2.75, 3.05) is 13.1 Å². The Labute approximate surface area is 213 Å². The van der Waals surface area contributed by atoms with Crippen molar-refractivity contribution in [1.82, 2.24) is 24.6 Å². The SMILES string of the molecule is CC(C)(C)OC(=O)N1CCC(n2cc(-c3cnc4[nH]cc(/C=C/c5cc(F)ccc5F)c4c3)cn2)CC1. The Morgan fingerprint density at radius 2 is 1.84 bits per heavy atom. The van der Waals surface area contributed by atoms with E-state index in [9.17, 15) is 13.6 Å². The molecule has 1 aliphatic rings. The zero-order valence-corrected chi connectivity index (χ0v) is 21.0. The predicted molar refractivity (Wildman–Crippen MR) is 139 cm³/mol. The first-order valence-electron chi connectivity index (χ1n) is 12.3. The molecule has 1 fully saturated rings. The van der Waals surface area contributed by atoms with Gasteiger partial charge in [0.2, 0.25) is 0 Å². The third-order valence-electron chi connectivity index (χ3n) is 6.39. The van der Waals surface area contributed by atoms with Crippen molar-refractivity contribution in [3.05, 3.63) is 71.8 Å². The van der Waals surface area contributed by atoms with Gasteiger partial charge < -0.3 is 14.6 Å². The Morgan fingerprint density at radius 1 is 1.08 bits per heavy atom. The van der Waals surface area contributed by atoms with Gasteiger partial charge in [-0.3, -0.25) is 4.68 Å². The van der Waals surface area contributed by atoms with Crippen molar-refractivity contribution >= 4 is 29.3 Å². The minimum absolute atomic E-state index is 0.178. The summed E-state index contributed by atoms with van der Waals surface area (Å²) in [6, 6.07) is 5.57. The summed E-state index contributed by atoms with van der Waals surface area (Å²) in [5.41, 5.74) is 3.01. The molecule has 1 saturated heterocycles. The van der Waals surface area contributed by atoms with E-state index in [0.717, 1.165) is 53.1 Å². The smallest absolute Gasteiger partial charge is 0.410 e. The molecule has 4 heterocycles. The van der Waals surface area contributed by atoms with Crippen LogP contribution in [0.4, 0.5) is 13.6 Å². The summed E-state index contributed by atoms with van der Waals surface area (Å²) >= 11 is 0. The molecule has 3 aromatic heterocycles. The van der Waals surface area contributed by atoms with Gasteiger partial charge in [0.05, 0.1) is 12.2 Å². The number of H-pyrrole nitrogens is 1. The number of hydrogen-bond donors (Lipinski definition) is 1. The molecule has 0 bridgehead atoms. The molecule has 0 saturated carbocycles. The average molecular weight is 506 g/mol. The Morgan fingerprint density at radius 3 is 2.59 bits per heavy atom. The van der Waals surface area contributed by atoms with Crippen LogP contribution in [0.1, 0.15) is 50.8 Å². The zero-order valence-electron chi connectivity index (χ0n) is 21.0. The topological polar surface area (TPSA) is 76.0 Å². The maximum Gasteiger partial charge on any atom is 0.410 e. The molecule has 1 amide bonds. The van der Waals surface area contributed by atoms with E-state index >= 15 is 0 Å². The monoisotopic (exact) mass is 505 g/mol. The summed E-state index contributed by atoms with van der Waals surface area (Å²) < 4.78 is 35.0. The number of likely N-dealkylation sites (tertiary alicyclic amines) is 1. The lowest BCUT2D eigenvalue weighted by molar-refractivity contribution is 0.0185. The van der Waals surface area contributed by atoms with Crippen LogP contribution in [-0.4, -0.2) is 49.4 Å². The summed E-state index contributed by atoms with van der Waals surface area (Å²) in [5, 5.41) is 5.45. The fourth-order valence-electron chi connectivity index (χ4n) is 4.47. The molecule has 37 heavy (non-hydrogen) atoms. The lowest BCUT2D eigenvalue weighted by Crippen LogP contribution is -2.42. The number of amides is 1. The number of ether oxygens (including phenoxy) is 1. The number of aromatic amines is 1. The predicted octanol–water partition coefficient (Wildman–Crippen LogP) is 6.45.